The number of aliphatic hydroxyl groups excluding tert-OH is 1. The van der Waals surface area contributed by atoms with Crippen molar-refractivity contribution in [3.05, 3.63) is 114 Å². The Hall–Kier alpha value is -2.38. The summed E-state index contributed by atoms with van der Waals surface area (Å²) in [5.41, 5.74) is 2.77. The molecular weight excluding hydrogens is 426 g/mol. The molecule has 2 atom stereocenters. The summed E-state index contributed by atoms with van der Waals surface area (Å²) in [6.45, 7) is 1.93. The van der Waals surface area contributed by atoms with Crippen LogP contribution in [0.1, 0.15) is 28.8 Å². The molecule has 6 heteroatoms. The van der Waals surface area contributed by atoms with E-state index >= 15 is 0 Å². The lowest BCUT2D eigenvalue weighted by atomic mass is 10.1. The fourth-order valence-electron chi connectivity index (χ4n) is 3.06. The zero-order chi connectivity index (χ0) is 22.1. The molecule has 0 aliphatic rings. The van der Waals surface area contributed by atoms with Gasteiger partial charge in [-0.2, -0.15) is 11.8 Å². The van der Waals surface area contributed by atoms with Crippen LogP contribution in [-0.2, 0) is 10.0 Å². The topological polar surface area (TPSA) is 66.4 Å². The van der Waals surface area contributed by atoms with Crippen molar-refractivity contribution < 1.29 is 13.5 Å². The predicted octanol–water partition coefficient (Wildman–Crippen LogP) is 5.04. The van der Waals surface area contributed by atoms with E-state index < -0.39 is 16.1 Å². The number of nitrogens with one attached hydrogen (secondary N) is 1. The quantitative estimate of drug-likeness (QED) is 0.333. The molecule has 0 saturated carbocycles. The monoisotopic (exact) mass is 453 g/mol. The van der Waals surface area contributed by atoms with Gasteiger partial charge in [0.25, 0.3) is 0 Å². The van der Waals surface area contributed by atoms with Gasteiger partial charge in [-0.15, -0.1) is 0 Å². The van der Waals surface area contributed by atoms with E-state index in [4.69, 9.17) is 0 Å². The zero-order valence-corrected chi connectivity index (χ0v) is 19.0. The molecule has 31 heavy (non-hydrogen) atoms. The second kappa shape index (κ2) is 11.3. The van der Waals surface area contributed by atoms with Gasteiger partial charge in [-0.3, -0.25) is 0 Å². The minimum absolute atomic E-state index is 0.259. The molecule has 0 saturated heterocycles. The summed E-state index contributed by atoms with van der Waals surface area (Å²) < 4.78 is 28.6. The number of hydrogen-bond donors (Lipinski definition) is 2. The molecule has 0 amide bonds. The first-order valence-electron chi connectivity index (χ1n) is 10.1. The number of aliphatic hydroxyl groups is 1. The molecule has 162 valence electrons. The number of hydrogen-bond acceptors (Lipinski definition) is 4. The van der Waals surface area contributed by atoms with Gasteiger partial charge in [0.05, 0.1) is 17.0 Å². The molecule has 0 radical (unpaired) electrons. The van der Waals surface area contributed by atoms with E-state index in [1.807, 2.05) is 73.7 Å². The van der Waals surface area contributed by atoms with Crippen LogP contribution in [0.3, 0.4) is 0 Å². The van der Waals surface area contributed by atoms with Gasteiger partial charge in [-0.05, 0) is 30.2 Å². The Morgan fingerprint density at radius 2 is 1.48 bits per heavy atom. The largest absolute Gasteiger partial charge is 0.384 e. The zero-order valence-electron chi connectivity index (χ0n) is 17.4. The maximum atomic E-state index is 12.9. The average Bonchev–Trinajstić information content (AvgIpc) is 2.79. The molecule has 0 spiro atoms. The minimum atomic E-state index is -3.64. The van der Waals surface area contributed by atoms with Crippen molar-refractivity contribution in [1.82, 2.24) is 4.72 Å². The highest BCUT2D eigenvalue weighted by atomic mass is 32.2. The van der Waals surface area contributed by atoms with E-state index in [1.54, 1.807) is 42.1 Å². The molecular formula is C25H27NO3S2. The first kappa shape index (κ1) is 23.3. The van der Waals surface area contributed by atoms with Crippen LogP contribution in [0.15, 0.2) is 102 Å². The smallest absolute Gasteiger partial charge is 0.241 e. The van der Waals surface area contributed by atoms with Crippen LogP contribution in [0.4, 0.5) is 0 Å². The van der Waals surface area contributed by atoms with Crippen molar-refractivity contribution in [1.29, 1.82) is 0 Å². The second-order valence-electron chi connectivity index (χ2n) is 7.22. The fraction of sp³-hybridized carbons (Fsp3) is 0.200. The summed E-state index contributed by atoms with van der Waals surface area (Å²) in [6, 6.07) is 25.5. The Morgan fingerprint density at radius 1 is 0.903 bits per heavy atom. The third kappa shape index (κ3) is 7.08. The van der Waals surface area contributed by atoms with Crippen molar-refractivity contribution in [3.63, 3.8) is 0 Å². The van der Waals surface area contributed by atoms with Crippen LogP contribution in [-0.4, -0.2) is 25.0 Å². The molecule has 0 aromatic heterocycles. The van der Waals surface area contributed by atoms with Crippen molar-refractivity contribution in [2.24, 2.45) is 0 Å². The van der Waals surface area contributed by atoms with Gasteiger partial charge in [0.2, 0.25) is 10.0 Å². The Labute approximate surface area is 189 Å². The molecule has 2 unspecified atom stereocenters. The van der Waals surface area contributed by atoms with E-state index in [2.05, 4.69) is 4.72 Å². The van der Waals surface area contributed by atoms with Crippen molar-refractivity contribution >= 4 is 21.8 Å². The minimum Gasteiger partial charge on any atom is -0.384 e. The molecule has 0 aliphatic heterocycles. The molecule has 0 fully saturated rings. The van der Waals surface area contributed by atoms with Gasteiger partial charge in [0, 0.05) is 11.5 Å². The summed E-state index contributed by atoms with van der Waals surface area (Å²) in [6.07, 6.45) is 3.03. The summed E-state index contributed by atoms with van der Waals surface area (Å²) >= 11 is 1.61. The van der Waals surface area contributed by atoms with Gasteiger partial charge in [-0.1, -0.05) is 90.5 Å². The van der Waals surface area contributed by atoms with Crippen molar-refractivity contribution in [3.8, 4) is 0 Å². The first-order chi connectivity index (χ1) is 15.0. The van der Waals surface area contributed by atoms with Gasteiger partial charge in [0.1, 0.15) is 0 Å². The molecule has 4 nitrogen and oxygen atoms in total. The highest BCUT2D eigenvalue weighted by molar-refractivity contribution is 7.99. The van der Waals surface area contributed by atoms with Gasteiger partial charge in [0.15, 0.2) is 0 Å². The Morgan fingerprint density at radius 3 is 2.10 bits per heavy atom. The number of sulfonamides is 1. The van der Waals surface area contributed by atoms with E-state index in [0.717, 1.165) is 16.7 Å². The Balaban J connectivity index is 1.63. The van der Waals surface area contributed by atoms with Crippen LogP contribution in [0, 0.1) is 6.92 Å². The molecule has 3 aromatic rings. The standard InChI is InChI=1S/C25H27NO3S2/c1-20-14-16-23(17-15-20)31(28,29)26-24(21-9-4-2-5-10-21)19-30-18-8-13-25(27)22-11-6-3-7-12-22/h2-17,24-27H,18-19H2,1H3/b13-8+. The van der Waals surface area contributed by atoms with Gasteiger partial charge < -0.3 is 5.11 Å². The summed E-state index contributed by atoms with van der Waals surface area (Å²) in [5.74, 6) is 1.24. The van der Waals surface area contributed by atoms with Crippen LogP contribution < -0.4 is 4.72 Å². The van der Waals surface area contributed by atoms with Crippen LogP contribution >= 0.6 is 11.8 Å². The lowest BCUT2D eigenvalue weighted by Crippen LogP contribution is -2.30. The molecule has 0 heterocycles. The van der Waals surface area contributed by atoms with Crippen molar-refractivity contribution in [2.75, 3.05) is 11.5 Å². The fourth-order valence-corrected chi connectivity index (χ4v) is 5.28. The number of rotatable bonds is 10. The maximum absolute atomic E-state index is 12.9. The second-order valence-corrected chi connectivity index (χ2v) is 10.0. The van der Waals surface area contributed by atoms with E-state index in [-0.39, 0.29) is 10.9 Å². The number of aryl methyl sites for hydroxylation is 1. The highest BCUT2D eigenvalue weighted by Crippen LogP contribution is 2.22. The summed E-state index contributed by atoms with van der Waals surface area (Å²) in [5, 5.41) is 10.2. The first-order valence-corrected chi connectivity index (χ1v) is 12.7. The normalized spacial score (nSPS) is 13.9. The van der Waals surface area contributed by atoms with Crippen LogP contribution in [0.25, 0.3) is 0 Å². The lowest BCUT2D eigenvalue weighted by Gasteiger charge is -2.19. The number of benzene rings is 3. The maximum Gasteiger partial charge on any atom is 0.241 e. The summed E-state index contributed by atoms with van der Waals surface area (Å²) in [7, 11) is -3.64. The van der Waals surface area contributed by atoms with E-state index in [9.17, 15) is 13.5 Å². The Kier molecular flexibility index (Phi) is 8.49. The number of thioether (sulfide) groups is 1. The van der Waals surface area contributed by atoms with Gasteiger partial charge in [-0.25, -0.2) is 13.1 Å². The van der Waals surface area contributed by atoms with Crippen LogP contribution in [0.2, 0.25) is 0 Å². The predicted molar refractivity (Wildman–Crippen MR) is 129 cm³/mol. The molecule has 0 bridgehead atoms. The van der Waals surface area contributed by atoms with E-state index in [0.29, 0.717) is 11.5 Å². The highest BCUT2D eigenvalue weighted by Gasteiger charge is 2.21. The van der Waals surface area contributed by atoms with Gasteiger partial charge >= 0.3 is 0 Å². The third-order valence-electron chi connectivity index (χ3n) is 4.79. The molecule has 3 aromatic carbocycles. The Bertz CT molecular complexity index is 1070. The SMILES string of the molecule is Cc1ccc(S(=O)(=O)NC(CSC/C=C/C(O)c2ccccc2)c2ccccc2)cc1. The molecule has 2 N–H and O–H groups in total. The average molecular weight is 454 g/mol. The third-order valence-corrected chi connectivity index (χ3v) is 7.27. The van der Waals surface area contributed by atoms with Crippen molar-refractivity contribution in [2.45, 2.75) is 24.0 Å². The van der Waals surface area contributed by atoms with Crippen LogP contribution in [0.5, 0.6) is 0 Å². The van der Waals surface area contributed by atoms with E-state index in [1.165, 1.54) is 0 Å². The molecule has 0 aliphatic carbocycles. The summed E-state index contributed by atoms with van der Waals surface area (Å²) in [4.78, 5) is 0.259. The molecule has 3 rings (SSSR count). The lowest BCUT2D eigenvalue weighted by molar-refractivity contribution is 0.228.